The molecule has 32 heavy (non-hydrogen) atoms. The summed E-state index contributed by atoms with van der Waals surface area (Å²) in [5.41, 5.74) is 1.70. The highest BCUT2D eigenvalue weighted by Gasteiger charge is 2.67. The minimum absolute atomic E-state index is 0.0110. The second-order valence-corrected chi connectivity index (χ2v) is 11.5. The molecule has 2 saturated carbocycles. The topological polar surface area (TPSA) is 82.1 Å². The maximum Gasteiger partial charge on any atom is 0.338 e. The van der Waals surface area contributed by atoms with Crippen molar-refractivity contribution in [3.8, 4) is 0 Å². The molecule has 1 N–H and O–H groups in total. The smallest absolute Gasteiger partial charge is 0.338 e. The summed E-state index contributed by atoms with van der Waals surface area (Å²) in [6.45, 7) is 9.92. The van der Waals surface area contributed by atoms with Crippen LogP contribution in [0.25, 0.3) is 0 Å². The predicted molar refractivity (Wildman–Crippen MR) is 115 cm³/mol. The Balaban J connectivity index is 1.50. The zero-order valence-electron chi connectivity index (χ0n) is 19.5. The van der Waals surface area contributed by atoms with Crippen LogP contribution in [-0.2, 0) is 23.8 Å². The van der Waals surface area contributed by atoms with E-state index in [1.54, 1.807) is 0 Å². The number of rotatable bonds is 1. The average Bonchev–Trinajstić information content (AvgIpc) is 3.22. The number of hydrogen-bond acceptors (Lipinski definition) is 6. The maximum absolute atomic E-state index is 13.3. The third kappa shape index (κ3) is 2.50. The molecule has 0 spiro atoms. The number of fused-ring (bicyclic) bond motifs is 9. The summed E-state index contributed by atoms with van der Waals surface area (Å²) in [7, 11) is 0. The second kappa shape index (κ2) is 6.62. The molecule has 6 nitrogen and oxygen atoms in total. The summed E-state index contributed by atoms with van der Waals surface area (Å²) in [5, 5.41) is 11.4. The van der Waals surface area contributed by atoms with Gasteiger partial charge in [0.2, 0.25) is 0 Å². The van der Waals surface area contributed by atoms with Crippen molar-refractivity contribution in [2.45, 2.75) is 77.8 Å². The van der Waals surface area contributed by atoms with Crippen LogP contribution >= 0.6 is 0 Å². The first-order chi connectivity index (χ1) is 15.1. The molecule has 3 bridgehead atoms. The molecule has 174 valence electrons. The van der Waals surface area contributed by atoms with Crippen LogP contribution in [0.3, 0.4) is 0 Å². The van der Waals surface area contributed by atoms with Crippen LogP contribution in [0.5, 0.6) is 0 Å². The quantitative estimate of drug-likeness (QED) is 0.495. The van der Waals surface area contributed by atoms with Crippen molar-refractivity contribution in [1.82, 2.24) is 0 Å². The monoisotopic (exact) mass is 442 g/mol. The second-order valence-electron chi connectivity index (χ2n) is 11.5. The van der Waals surface area contributed by atoms with E-state index in [1.165, 1.54) is 12.5 Å². The van der Waals surface area contributed by atoms with Gasteiger partial charge in [-0.05, 0) is 50.9 Å². The van der Waals surface area contributed by atoms with Crippen molar-refractivity contribution in [2.75, 3.05) is 0 Å². The molecular formula is C26H34O6. The molecule has 3 heterocycles. The van der Waals surface area contributed by atoms with Crippen LogP contribution in [0, 0.1) is 47.3 Å². The minimum Gasteiger partial charge on any atom is -0.491 e. The Kier molecular flexibility index (Phi) is 4.29. The van der Waals surface area contributed by atoms with E-state index in [0.29, 0.717) is 5.92 Å². The van der Waals surface area contributed by atoms with Crippen molar-refractivity contribution < 1.29 is 28.9 Å². The van der Waals surface area contributed by atoms with E-state index in [9.17, 15) is 14.7 Å². The number of allylic oxidation sites excluding steroid dienone is 1. The van der Waals surface area contributed by atoms with Crippen LogP contribution < -0.4 is 0 Å². The van der Waals surface area contributed by atoms with Gasteiger partial charge in [-0.2, -0.15) is 0 Å². The highest BCUT2D eigenvalue weighted by atomic mass is 16.6. The largest absolute Gasteiger partial charge is 0.491 e. The molecule has 0 unspecified atom stereocenters. The van der Waals surface area contributed by atoms with Gasteiger partial charge in [-0.15, -0.1) is 0 Å². The summed E-state index contributed by atoms with van der Waals surface area (Å²) in [4.78, 5) is 25.2. The molecule has 3 aliphatic heterocycles. The fraction of sp³-hybridized carbons (Fsp3) is 0.769. The summed E-state index contributed by atoms with van der Waals surface area (Å²) in [6.07, 6.45) is 3.89. The van der Waals surface area contributed by atoms with E-state index in [-0.39, 0.29) is 71.2 Å². The lowest BCUT2D eigenvalue weighted by atomic mass is 9.63. The fourth-order valence-electron chi connectivity index (χ4n) is 8.52. The number of aliphatic hydroxyl groups is 1. The maximum atomic E-state index is 13.3. The highest BCUT2D eigenvalue weighted by Crippen LogP contribution is 2.66. The van der Waals surface area contributed by atoms with Crippen LogP contribution in [-0.4, -0.2) is 41.0 Å². The van der Waals surface area contributed by atoms with Gasteiger partial charge in [0, 0.05) is 30.6 Å². The molecule has 0 aromatic carbocycles. The van der Waals surface area contributed by atoms with E-state index < -0.39 is 6.10 Å². The van der Waals surface area contributed by atoms with Gasteiger partial charge in [0.15, 0.2) is 0 Å². The van der Waals surface area contributed by atoms with Crippen LogP contribution in [0.15, 0.2) is 23.0 Å². The van der Waals surface area contributed by atoms with Crippen molar-refractivity contribution in [1.29, 1.82) is 0 Å². The van der Waals surface area contributed by atoms with E-state index in [0.717, 1.165) is 30.6 Å². The molecule has 0 amide bonds. The molecule has 0 aromatic heterocycles. The molecule has 0 aromatic rings. The predicted octanol–water partition coefficient (Wildman–Crippen LogP) is 3.39. The van der Waals surface area contributed by atoms with E-state index in [4.69, 9.17) is 14.2 Å². The number of hydrogen-bond donors (Lipinski definition) is 1. The average molecular weight is 443 g/mol. The molecule has 0 radical (unpaired) electrons. The number of ether oxygens (including phenoxy) is 3. The molecule has 3 fully saturated rings. The lowest BCUT2D eigenvalue weighted by Crippen LogP contribution is -2.49. The van der Waals surface area contributed by atoms with Gasteiger partial charge in [-0.3, -0.25) is 4.79 Å². The molecule has 1 saturated heterocycles. The molecule has 6 heteroatoms. The first-order valence-electron chi connectivity index (χ1n) is 12.3. The SMILES string of the molecule is CC(=O)O[C@@H]1[C@@H](C)[C@H](O)[C@@H]2[C@@H]1C=C(C)[C@H]1C[C@H]3[C@H](C4=C5O[C@]3(C)CC[C@H](OC4=O)[C@H]5C)[C@@H]21. The third-order valence-electron chi connectivity index (χ3n) is 9.98. The van der Waals surface area contributed by atoms with Gasteiger partial charge in [0.25, 0.3) is 0 Å². The fourth-order valence-corrected chi connectivity index (χ4v) is 8.52. The van der Waals surface area contributed by atoms with Gasteiger partial charge in [-0.25, -0.2) is 4.79 Å². The number of carbonyl (C=O) groups is 2. The van der Waals surface area contributed by atoms with Crippen molar-refractivity contribution in [3.63, 3.8) is 0 Å². The van der Waals surface area contributed by atoms with E-state index in [1.807, 2.05) is 6.92 Å². The lowest BCUT2D eigenvalue weighted by Gasteiger charge is -2.48. The normalized spacial score (nSPS) is 52.9. The Hall–Kier alpha value is -1.82. The number of carbonyl (C=O) groups excluding carboxylic acids is 2. The Labute approximate surface area is 189 Å². The van der Waals surface area contributed by atoms with Gasteiger partial charge in [0.05, 0.1) is 17.6 Å². The van der Waals surface area contributed by atoms with Crippen molar-refractivity contribution in [2.24, 2.45) is 47.3 Å². The summed E-state index contributed by atoms with van der Waals surface area (Å²) < 4.78 is 18.4. The van der Waals surface area contributed by atoms with Gasteiger partial charge >= 0.3 is 11.9 Å². The first kappa shape index (κ1) is 20.8. The highest BCUT2D eigenvalue weighted by molar-refractivity contribution is 5.91. The first-order valence-corrected chi connectivity index (χ1v) is 12.3. The van der Waals surface area contributed by atoms with E-state index >= 15 is 0 Å². The Morgan fingerprint density at radius 1 is 1.28 bits per heavy atom. The van der Waals surface area contributed by atoms with Gasteiger partial charge in [-0.1, -0.05) is 25.5 Å². The third-order valence-corrected chi connectivity index (χ3v) is 9.98. The van der Waals surface area contributed by atoms with Crippen LogP contribution in [0.1, 0.15) is 53.9 Å². The van der Waals surface area contributed by atoms with Gasteiger partial charge in [0.1, 0.15) is 23.6 Å². The molecule has 6 aliphatic rings. The van der Waals surface area contributed by atoms with Crippen molar-refractivity contribution in [3.05, 3.63) is 23.0 Å². The Morgan fingerprint density at radius 3 is 2.75 bits per heavy atom. The van der Waals surface area contributed by atoms with E-state index in [2.05, 4.69) is 26.8 Å². The molecule has 3 aliphatic carbocycles. The molecule has 12 atom stereocenters. The summed E-state index contributed by atoms with van der Waals surface area (Å²) in [6, 6.07) is 0. The minimum atomic E-state index is -0.576. The number of esters is 2. The molecular weight excluding hydrogens is 408 g/mol. The van der Waals surface area contributed by atoms with Crippen LogP contribution in [0.2, 0.25) is 0 Å². The summed E-state index contributed by atoms with van der Waals surface area (Å²) in [5.74, 6) is 0.800. The van der Waals surface area contributed by atoms with Crippen molar-refractivity contribution >= 4 is 11.9 Å². The standard InChI is InChI=1S/C26H34O6/c1-10-8-15-19(22(28)12(3)23(15)30-13(4)27)18-14(10)9-16-20(18)21-24-11(2)17(31-25(21)29)6-7-26(16,5)32-24/h8,11-12,14-20,22-23,28H,6-7,9H2,1-5H3/t11-,12+,14-,15+,16+,17+,18-,19-,20+,22+,23-,26-/m1/s1. The molecule has 6 rings (SSSR count). The van der Waals surface area contributed by atoms with Crippen LogP contribution in [0.4, 0.5) is 0 Å². The summed E-state index contributed by atoms with van der Waals surface area (Å²) >= 11 is 0. The van der Waals surface area contributed by atoms with Gasteiger partial charge < -0.3 is 19.3 Å². The lowest BCUT2D eigenvalue weighted by molar-refractivity contribution is -0.154. The number of aliphatic hydroxyl groups excluding tert-OH is 1. The zero-order chi connectivity index (χ0) is 22.7. The Bertz CT molecular complexity index is 950. The zero-order valence-corrected chi connectivity index (χ0v) is 19.5. The Morgan fingerprint density at radius 2 is 2.03 bits per heavy atom.